The van der Waals surface area contributed by atoms with Gasteiger partial charge < -0.3 is 14.5 Å². The third-order valence-electron chi connectivity index (χ3n) is 14.3. The molecule has 0 N–H and O–H groups in total. The summed E-state index contributed by atoms with van der Waals surface area (Å²) in [5.41, 5.74) is 14.9. The molecule has 0 fully saturated rings. The average Bonchev–Trinajstić information content (AvgIpc) is 3.83. The van der Waals surface area contributed by atoms with Crippen LogP contribution in [0.5, 0.6) is 11.5 Å². The fourth-order valence-corrected chi connectivity index (χ4v) is 9.82. The Balaban J connectivity index is 1.10. The lowest BCUT2D eigenvalue weighted by Gasteiger charge is -2.30. The van der Waals surface area contributed by atoms with Gasteiger partial charge in [-0.05, 0) is 119 Å². The summed E-state index contributed by atoms with van der Waals surface area (Å²) in [6, 6.07) is 65.6. The first-order valence-electron chi connectivity index (χ1n) is 23.5. The summed E-state index contributed by atoms with van der Waals surface area (Å²) < 4.78 is 9.42. The molecule has 0 radical (unpaired) electrons. The SMILES string of the molecule is CC1=C(C)N(c2cc(Oc3ccc4c5cc(-c6ccccc6)ccc5n(-c5cc(C(C)(C)c6ccccc6)ccn5)c4c3)cc(C(C)(C)c3ccccc3)c2)CN1c1cccc(C(C)(C)C)c1. The number of hydrogen-bond donors (Lipinski definition) is 0. The molecule has 9 aromatic rings. The standard InChI is InChI=1S/C62H60N4O/c1-42-43(2)65(41-64(42)51-27-19-26-48(35-51)60(3,4)5)52-36-50(62(8,9)47-24-17-12-18-25-47)37-54(39-52)67-53-29-30-55-56-34-45(44-20-13-10-14-21-44)28-31-57(56)66(58(55)40-53)59-38-49(32-33-63-59)61(6,7)46-22-15-11-16-23-46/h10-40H,41H2,1-9H3. The highest BCUT2D eigenvalue weighted by atomic mass is 16.5. The lowest BCUT2D eigenvalue weighted by Crippen LogP contribution is -2.28. The Morgan fingerprint density at radius 2 is 1.04 bits per heavy atom. The van der Waals surface area contributed by atoms with E-state index in [1.54, 1.807) is 0 Å². The van der Waals surface area contributed by atoms with E-state index in [2.05, 4.69) is 259 Å². The second-order valence-corrected chi connectivity index (χ2v) is 20.3. The molecule has 2 aromatic heterocycles. The first-order valence-corrected chi connectivity index (χ1v) is 23.5. The van der Waals surface area contributed by atoms with E-state index in [0.29, 0.717) is 6.67 Å². The van der Waals surface area contributed by atoms with Crippen LogP contribution in [0.2, 0.25) is 0 Å². The lowest BCUT2D eigenvalue weighted by atomic mass is 9.78. The molecule has 334 valence electrons. The Morgan fingerprint density at radius 1 is 0.433 bits per heavy atom. The molecule has 0 bridgehead atoms. The highest BCUT2D eigenvalue weighted by molar-refractivity contribution is 6.10. The number of benzene rings is 7. The molecule has 0 saturated heterocycles. The Bertz CT molecular complexity index is 3300. The van der Waals surface area contributed by atoms with Crippen LogP contribution < -0.4 is 14.5 Å². The molecule has 0 saturated carbocycles. The summed E-state index contributed by atoms with van der Waals surface area (Å²) >= 11 is 0. The van der Waals surface area contributed by atoms with E-state index in [-0.39, 0.29) is 16.2 Å². The molecule has 5 heteroatoms. The van der Waals surface area contributed by atoms with Crippen LogP contribution in [0.15, 0.2) is 200 Å². The van der Waals surface area contributed by atoms with Crippen LogP contribution in [0.1, 0.15) is 90.1 Å². The van der Waals surface area contributed by atoms with Crippen molar-refractivity contribution in [3.63, 3.8) is 0 Å². The average molecular weight is 877 g/mol. The number of anilines is 2. The maximum Gasteiger partial charge on any atom is 0.137 e. The van der Waals surface area contributed by atoms with Crippen molar-refractivity contribution in [2.75, 3.05) is 16.5 Å². The Morgan fingerprint density at radius 3 is 1.72 bits per heavy atom. The third kappa shape index (κ3) is 8.07. The number of allylic oxidation sites excluding steroid dienone is 2. The zero-order chi connectivity index (χ0) is 46.7. The van der Waals surface area contributed by atoms with E-state index in [0.717, 1.165) is 44.8 Å². The van der Waals surface area contributed by atoms with Crippen molar-refractivity contribution < 1.29 is 4.74 Å². The predicted molar refractivity (Wildman–Crippen MR) is 281 cm³/mol. The molecule has 1 aliphatic heterocycles. The minimum atomic E-state index is -0.306. The molecular formula is C62H60N4O. The van der Waals surface area contributed by atoms with Crippen molar-refractivity contribution in [2.24, 2.45) is 0 Å². The zero-order valence-electron chi connectivity index (χ0n) is 40.3. The van der Waals surface area contributed by atoms with Crippen molar-refractivity contribution >= 4 is 33.2 Å². The fraction of sp³-hybridized carbons (Fsp3) is 0.210. The molecule has 0 aliphatic carbocycles. The number of nitrogens with zero attached hydrogens (tertiary/aromatic N) is 4. The van der Waals surface area contributed by atoms with Gasteiger partial charge in [-0.3, -0.25) is 4.57 Å². The predicted octanol–water partition coefficient (Wildman–Crippen LogP) is 16.1. The smallest absolute Gasteiger partial charge is 0.137 e. The highest BCUT2D eigenvalue weighted by Crippen LogP contribution is 2.43. The van der Waals surface area contributed by atoms with Crippen molar-refractivity contribution in [3.05, 3.63) is 227 Å². The number of rotatable bonds is 10. The number of fused-ring (bicyclic) bond motifs is 3. The fourth-order valence-electron chi connectivity index (χ4n) is 9.82. The Hall–Kier alpha value is -7.37. The molecule has 67 heavy (non-hydrogen) atoms. The quantitative estimate of drug-likeness (QED) is 0.137. The Kier molecular flexibility index (Phi) is 10.9. The zero-order valence-corrected chi connectivity index (χ0v) is 40.3. The largest absolute Gasteiger partial charge is 0.457 e. The minimum Gasteiger partial charge on any atom is -0.457 e. The molecule has 5 nitrogen and oxygen atoms in total. The molecule has 3 heterocycles. The maximum atomic E-state index is 7.11. The first kappa shape index (κ1) is 43.5. The van der Waals surface area contributed by atoms with Gasteiger partial charge in [0, 0.05) is 62.7 Å². The summed E-state index contributed by atoms with van der Waals surface area (Å²) in [6.07, 6.45) is 1.95. The summed E-state index contributed by atoms with van der Waals surface area (Å²) in [7, 11) is 0. The van der Waals surface area contributed by atoms with Crippen molar-refractivity contribution in [3.8, 4) is 28.4 Å². The van der Waals surface area contributed by atoms with Crippen molar-refractivity contribution in [2.45, 2.75) is 78.6 Å². The van der Waals surface area contributed by atoms with Gasteiger partial charge in [-0.1, -0.05) is 158 Å². The topological polar surface area (TPSA) is 33.5 Å². The van der Waals surface area contributed by atoms with Gasteiger partial charge in [0.1, 0.15) is 17.3 Å². The minimum absolute atomic E-state index is 0.0496. The van der Waals surface area contributed by atoms with Gasteiger partial charge in [0.15, 0.2) is 0 Å². The number of aromatic nitrogens is 2. The van der Waals surface area contributed by atoms with E-state index < -0.39 is 0 Å². The summed E-state index contributed by atoms with van der Waals surface area (Å²) in [5.74, 6) is 2.41. The van der Waals surface area contributed by atoms with Crippen LogP contribution >= 0.6 is 0 Å². The second kappa shape index (κ2) is 16.8. The molecule has 0 atom stereocenters. The second-order valence-electron chi connectivity index (χ2n) is 20.3. The molecule has 0 unspecified atom stereocenters. The summed E-state index contributed by atoms with van der Waals surface area (Å²) in [4.78, 5) is 9.93. The van der Waals surface area contributed by atoms with Gasteiger partial charge in [-0.25, -0.2) is 4.98 Å². The Labute approximate surface area is 396 Å². The normalized spacial score (nSPS) is 13.6. The highest BCUT2D eigenvalue weighted by Gasteiger charge is 2.31. The van der Waals surface area contributed by atoms with Crippen LogP contribution in [0.25, 0.3) is 38.8 Å². The van der Waals surface area contributed by atoms with E-state index in [4.69, 9.17) is 9.72 Å². The van der Waals surface area contributed by atoms with Crippen LogP contribution in [-0.2, 0) is 16.2 Å². The molecular weight excluding hydrogens is 817 g/mol. The molecule has 0 spiro atoms. The third-order valence-corrected chi connectivity index (χ3v) is 14.3. The van der Waals surface area contributed by atoms with Crippen molar-refractivity contribution in [1.82, 2.24) is 9.55 Å². The van der Waals surface area contributed by atoms with Gasteiger partial charge in [0.05, 0.1) is 17.7 Å². The number of pyridine rings is 1. The van der Waals surface area contributed by atoms with Gasteiger partial charge in [-0.15, -0.1) is 0 Å². The van der Waals surface area contributed by atoms with E-state index in [9.17, 15) is 0 Å². The number of hydrogen-bond acceptors (Lipinski definition) is 4. The molecule has 1 aliphatic rings. The van der Waals surface area contributed by atoms with E-state index >= 15 is 0 Å². The monoisotopic (exact) mass is 876 g/mol. The van der Waals surface area contributed by atoms with Crippen LogP contribution in [0, 0.1) is 0 Å². The first-order chi connectivity index (χ1) is 32.2. The summed E-state index contributed by atoms with van der Waals surface area (Å²) in [6.45, 7) is 21.2. The van der Waals surface area contributed by atoms with Crippen LogP contribution in [-0.4, -0.2) is 16.2 Å². The van der Waals surface area contributed by atoms with E-state index in [1.807, 2.05) is 6.20 Å². The van der Waals surface area contributed by atoms with Crippen LogP contribution in [0.4, 0.5) is 11.4 Å². The van der Waals surface area contributed by atoms with Crippen molar-refractivity contribution in [1.29, 1.82) is 0 Å². The van der Waals surface area contributed by atoms with Gasteiger partial charge in [0.2, 0.25) is 0 Å². The van der Waals surface area contributed by atoms with E-state index in [1.165, 1.54) is 56.0 Å². The van der Waals surface area contributed by atoms with Gasteiger partial charge >= 0.3 is 0 Å². The number of ether oxygens (including phenoxy) is 1. The molecule has 0 amide bonds. The maximum absolute atomic E-state index is 7.11. The van der Waals surface area contributed by atoms with Gasteiger partial charge in [-0.2, -0.15) is 0 Å². The molecule has 10 rings (SSSR count). The summed E-state index contributed by atoms with van der Waals surface area (Å²) in [5, 5.41) is 2.30. The lowest BCUT2D eigenvalue weighted by molar-refractivity contribution is 0.480. The van der Waals surface area contributed by atoms with Gasteiger partial charge in [0.25, 0.3) is 0 Å². The molecule has 7 aromatic carbocycles. The van der Waals surface area contributed by atoms with Crippen LogP contribution in [0.3, 0.4) is 0 Å².